The summed E-state index contributed by atoms with van der Waals surface area (Å²) in [4.78, 5) is 4.93. The fourth-order valence-electron chi connectivity index (χ4n) is 5.03. The maximum atomic E-state index is 6.44. The Morgan fingerprint density at radius 3 is 2.48 bits per heavy atom. The van der Waals surface area contributed by atoms with Crippen LogP contribution in [0.2, 0.25) is 19.6 Å². The molecular weight excluding hydrogens is 370 g/mol. The minimum Gasteiger partial charge on any atom is -0.455 e. The van der Waals surface area contributed by atoms with E-state index in [1.807, 2.05) is 0 Å². The van der Waals surface area contributed by atoms with E-state index in [-0.39, 0.29) is 0 Å². The molecule has 0 amide bonds. The minimum atomic E-state index is -1.36. The number of furan rings is 1. The third kappa shape index (κ3) is 3.50. The molecule has 0 atom stereocenters. The maximum Gasteiger partial charge on any atom is 0.144 e. The van der Waals surface area contributed by atoms with Gasteiger partial charge in [-0.15, -0.1) is 0 Å². The third-order valence-corrected chi connectivity index (χ3v) is 8.89. The molecule has 150 valence electrons. The van der Waals surface area contributed by atoms with Crippen LogP contribution < -0.4 is 5.19 Å². The second-order valence-electron chi connectivity index (χ2n) is 9.86. The normalized spacial score (nSPS) is 18.9. The summed E-state index contributed by atoms with van der Waals surface area (Å²) in [7, 11) is -1.36. The maximum absolute atomic E-state index is 6.44. The molecule has 0 radical (unpaired) electrons. The molecule has 29 heavy (non-hydrogen) atoms. The van der Waals surface area contributed by atoms with E-state index in [0.717, 1.165) is 29.9 Å². The van der Waals surface area contributed by atoms with Crippen molar-refractivity contribution in [3.05, 3.63) is 53.7 Å². The summed E-state index contributed by atoms with van der Waals surface area (Å²) in [6.45, 7) is 7.15. The van der Waals surface area contributed by atoms with Crippen molar-refractivity contribution in [1.29, 1.82) is 0 Å². The van der Waals surface area contributed by atoms with Crippen molar-refractivity contribution in [2.24, 2.45) is 10.9 Å². The second kappa shape index (κ2) is 7.28. The number of hydrogen-bond donors (Lipinski definition) is 0. The van der Waals surface area contributed by atoms with E-state index in [4.69, 9.17) is 9.41 Å². The summed E-state index contributed by atoms with van der Waals surface area (Å²) in [6, 6.07) is 13.3. The zero-order chi connectivity index (χ0) is 20.0. The van der Waals surface area contributed by atoms with Gasteiger partial charge in [0.25, 0.3) is 0 Å². The van der Waals surface area contributed by atoms with E-state index in [1.165, 1.54) is 59.3 Å². The van der Waals surface area contributed by atoms with E-state index in [2.05, 4.69) is 62.2 Å². The largest absolute Gasteiger partial charge is 0.455 e. The highest BCUT2D eigenvalue weighted by Gasteiger charge is 2.23. The number of para-hydroxylation sites is 1. The van der Waals surface area contributed by atoms with Crippen LogP contribution in [0.15, 0.2) is 57.6 Å². The molecule has 3 aromatic rings. The molecule has 2 aromatic carbocycles. The van der Waals surface area contributed by atoms with Crippen molar-refractivity contribution in [2.75, 3.05) is 0 Å². The van der Waals surface area contributed by atoms with Crippen LogP contribution >= 0.6 is 0 Å². The van der Waals surface area contributed by atoms with Gasteiger partial charge in [0, 0.05) is 22.5 Å². The highest BCUT2D eigenvalue weighted by molar-refractivity contribution is 6.88. The molecule has 1 fully saturated rings. The van der Waals surface area contributed by atoms with Gasteiger partial charge in [-0.25, -0.2) is 0 Å². The Morgan fingerprint density at radius 1 is 0.931 bits per heavy atom. The lowest BCUT2D eigenvalue weighted by Gasteiger charge is -2.26. The van der Waals surface area contributed by atoms with Gasteiger partial charge >= 0.3 is 0 Å². The number of fused-ring (bicyclic) bond motifs is 3. The zero-order valence-corrected chi connectivity index (χ0v) is 18.9. The van der Waals surface area contributed by atoms with Gasteiger partial charge < -0.3 is 4.42 Å². The first-order chi connectivity index (χ1) is 14.0. The predicted molar refractivity (Wildman–Crippen MR) is 127 cm³/mol. The first-order valence-electron chi connectivity index (χ1n) is 11.2. The molecule has 0 spiro atoms. The number of allylic oxidation sites excluding steroid dienone is 1. The average Bonchev–Trinajstić information content (AvgIpc) is 3.12. The van der Waals surface area contributed by atoms with E-state index < -0.39 is 8.07 Å². The number of nitrogens with zero attached hydrogens (tertiary/aromatic N) is 1. The lowest BCUT2D eigenvalue weighted by Crippen LogP contribution is -2.37. The Morgan fingerprint density at radius 2 is 1.76 bits per heavy atom. The van der Waals surface area contributed by atoms with Gasteiger partial charge in [0.15, 0.2) is 0 Å². The Kier molecular flexibility index (Phi) is 4.74. The molecule has 2 nitrogen and oxygen atoms in total. The van der Waals surface area contributed by atoms with Crippen LogP contribution in [0.5, 0.6) is 0 Å². The lowest BCUT2D eigenvalue weighted by atomic mass is 9.81. The van der Waals surface area contributed by atoms with Crippen LogP contribution in [-0.4, -0.2) is 13.8 Å². The Labute approximate surface area is 174 Å². The summed E-state index contributed by atoms with van der Waals surface area (Å²) in [5.41, 5.74) is 5.95. The summed E-state index contributed by atoms with van der Waals surface area (Å²) in [6.07, 6.45) is 11.3. The van der Waals surface area contributed by atoms with Gasteiger partial charge in [-0.2, -0.15) is 0 Å². The van der Waals surface area contributed by atoms with Crippen molar-refractivity contribution >= 4 is 40.9 Å². The van der Waals surface area contributed by atoms with Crippen molar-refractivity contribution < 1.29 is 4.42 Å². The van der Waals surface area contributed by atoms with Crippen LogP contribution in [0, 0.1) is 5.92 Å². The Balaban J connectivity index is 1.55. The summed E-state index contributed by atoms with van der Waals surface area (Å²) < 4.78 is 6.44. The van der Waals surface area contributed by atoms with Crippen LogP contribution in [0.1, 0.15) is 50.5 Å². The Hall–Kier alpha value is -2.13. The van der Waals surface area contributed by atoms with Gasteiger partial charge in [-0.1, -0.05) is 68.4 Å². The zero-order valence-electron chi connectivity index (χ0n) is 17.9. The molecule has 2 heterocycles. The molecule has 0 unspecified atom stereocenters. The molecule has 5 rings (SSSR count). The molecule has 0 saturated heterocycles. The van der Waals surface area contributed by atoms with Gasteiger partial charge in [0.1, 0.15) is 11.2 Å². The van der Waals surface area contributed by atoms with Crippen molar-refractivity contribution in [1.82, 2.24) is 0 Å². The van der Waals surface area contributed by atoms with E-state index in [9.17, 15) is 0 Å². The summed E-state index contributed by atoms with van der Waals surface area (Å²) in [5, 5.41) is 3.88. The molecule has 0 bridgehead atoms. The highest BCUT2D eigenvalue weighted by atomic mass is 28.3. The first kappa shape index (κ1) is 18.9. The number of hydrogen-bond acceptors (Lipinski definition) is 2. The monoisotopic (exact) mass is 401 g/mol. The summed E-state index contributed by atoms with van der Waals surface area (Å²) >= 11 is 0. The molecule has 1 aromatic heterocycles. The quantitative estimate of drug-likeness (QED) is 0.427. The van der Waals surface area contributed by atoms with Gasteiger partial charge in [-0.3, -0.25) is 4.99 Å². The Bertz CT molecular complexity index is 1120. The van der Waals surface area contributed by atoms with Crippen molar-refractivity contribution in [3.8, 4) is 0 Å². The predicted octanol–water partition coefficient (Wildman–Crippen LogP) is 7.18. The smallest absolute Gasteiger partial charge is 0.144 e. The molecule has 1 aliphatic heterocycles. The first-order valence-corrected chi connectivity index (χ1v) is 14.7. The van der Waals surface area contributed by atoms with Gasteiger partial charge in [0.05, 0.1) is 13.8 Å². The number of benzene rings is 2. The lowest BCUT2D eigenvalue weighted by molar-refractivity contribution is 0.394. The van der Waals surface area contributed by atoms with Crippen LogP contribution in [0.25, 0.3) is 21.9 Å². The van der Waals surface area contributed by atoms with Crippen LogP contribution in [0.3, 0.4) is 0 Å². The van der Waals surface area contributed by atoms with Gasteiger partial charge in [0.2, 0.25) is 0 Å². The fourth-order valence-corrected chi connectivity index (χ4v) is 6.18. The highest BCUT2D eigenvalue weighted by Crippen LogP contribution is 2.36. The topological polar surface area (TPSA) is 25.5 Å². The molecule has 0 N–H and O–H groups in total. The molecular formula is C26H31NOSi. The third-order valence-electron chi connectivity index (χ3n) is 6.84. The van der Waals surface area contributed by atoms with Crippen LogP contribution in [0.4, 0.5) is 0 Å². The van der Waals surface area contributed by atoms with Crippen molar-refractivity contribution in [3.63, 3.8) is 0 Å². The molecule has 1 aliphatic carbocycles. The van der Waals surface area contributed by atoms with E-state index in [0.29, 0.717) is 0 Å². The molecule has 2 aliphatic rings. The minimum absolute atomic E-state index is 0.774. The fraction of sp³-hybridized carbons (Fsp3) is 0.423. The molecule has 1 saturated carbocycles. The summed E-state index contributed by atoms with van der Waals surface area (Å²) in [5.74, 6) is 0.774. The van der Waals surface area contributed by atoms with E-state index >= 15 is 0 Å². The molecule has 3 heteroatoms. The standard InChI is InChI=1S/C26H31NOSi/c1-29(2,3)20-13-14-21-22-10-7-11-23(26(22)28-25(21)16-20)24-15-12-19(17-27-24)18-8-5-4-6-9-18/h7,10-11,13-14,16-18H,4-6,8-9,12,15H2,1-3H3. The average molecular weight is 402 g/mol. The van der Waals surface area contributed by atoms with Crippen molar-refractivity contribution in [2.45, 2.75) is 64.6 Å². The number of aliphatic imine (C=N–C) groups is 1. The van der Waals surface area contributed by atoms with E-state index in [1.54, 1.807) is 5.57 Å². The van der Waals surface area contributed by atoms with Gasteiger partial charge in [-0.05, 0) is 49.3 Å². The SMILES string of the molecule is C[Si](C)(C)c1ccc2c(c1)oc1c(C3=NC=C(C4CCCCC4)CC3)cccc12. The second-order valence-corrected chi connectivity index (χ2v) is 14.9. The van der Waals surface area contributed by atoms with Crippen LogP contribution in [-0.2, 0) is 0 Å². The number of rotatable bonds is 3.